The van der Waals surface area contributed by atoms with Gasteiger partial charge in [0.05, 0.1) is 19.0 Å². The molecule has 2 unspecified atom stereocenters. The predicted octanol–water partition coefficient (Wildman–Crippen LogP) is 2.00. The zero-order valence-electron chi connectivity index (χ0n) is 8.59. The first kappa shape index (κ1) is 10.2. The maximum Gasteiger partial charge on any atom is 0.178 e. The molecule has 0 spiro atoms. The van der Waals surface area contributed by atoms with E-state index in [1.807, 2.05) is 30.3 Å². The number of ether oxygens (including phenoxy) is 2. The van der Waals surface area contributed by atoms with Crippen molar-refractivity contribution in [3.63, 3.8) is 0 Å². The van der Waals surface area contributed by atoms with Gasteiger partial charge in [-0.15, -0.1) is 0 Å². The molecule has 1 heterocycles. The lowest BCUT2D eigenvalue weighted by Gasteiger charge is -2.26. The maximum absolute atomic E-state index is 9.46. The first-order valence-corrected chi connectivity index (χ1v) is 4.93. The number of hydrogen-bond donors (Lipinski definition) is 1. The Kier molecular flexibility index (Phi) is 3.04. The molecule has 15 heavy (non-hydrogen) atoms. The number of methoxy groups -OCH3 is 1. The third kappa shape index (κ3) is 2.37. The Morgan fingerprint density at radius 2 is 2.07 bits per heavy atom. The molecule has 0 saturated carbocycles. The summed E-state index contributed by atoms with van der Waals surface area (Å²) >= 11 is 0. The molecule has 1 N–H and O–H groups in total. The van der Waals surface area contributed by atoms with Crippen LogP contribution >= 0.6 is 0 Å². The van der Waals surface area contributed by atoms with Crippen LogP contribution in [0.15, 0.2) is 42.2 Å². The van der Waals surface area contributed by atoms with Crippen LogP contribution in [0.1, 0.15) is 18.1 Å². The highest BCUT2D eigenvalue weighted by Gasteiger charge is 2.23. The molecule has 3 heteroatoms. The molecule has 1 aliphatic rings. The van der Waals surface area contributed by atoms with Gasteiger partial charge < -0.3 is 14.6 Å². The van der Waals surface area contributed by atoms with Gasteiger partial charge in [-0.2, -0.15) is 0 Å². The Morgan fingerprint density at radius 3 is 2.73 bits per heavy atom. The first-order chi connectivity index (χ1) is 7.29. The molecule has 0 fully saturated rings. The van der Waals surface area contributed by atoms with Crippen molar-refractivity contribution in [3.05, 3.63) is 47.7 Å². The Hall–Kier alpha value is -1.32. The fourth-order valence-electron chi connectivity index (χ4n) is 1.68. The number of aliphatic hydroxyl groups excluding tert-OH is 1. The van der Waals surface area contributed by atoms with Gasteiger partial charge in [0.1, 0.15) is 0 Å². The van der Waals surface area contributed by atoms with Gasteiger partial charge in [0.15, 0.2) is 6.29 Å². The Morgan fingerprint density at radius 1 is 1.33 bits per heavy atom. The van der Waals surface area contributed by atoms with Gasteiger partial charge >= 0.3 is 0 Å². The fourth-order valence-corrected chi connectivity index (χ4v) is 1.68. The topological polar surface area (TPSA) is 38.7 Å². The summed E-state index contributed by atoms with van der Waals surface area (Å²) in [5.41, 5.74) is 1.05. The lowest BCUT2D eigenvalue weighted by molar-refractivity contribution is -0.121. The average Bonchev–Trinajstić information content (AvgIpc) is 2.29. The molecule has 1 aliphatic heterocycles. The zero-order valence-corrected chi connectivity index (χ0v) is 8.59. The van der Waals surface area contributed by atoms with Gasteiger partial charge in [0.2, 0.25) is 0 Å². The molecule has 2 atom stereocenters. The van der Waals surface area contributed by atoms with Crippen LogP contribution in [0.3, 0.4) is 0 Å². The van der Waals surface area contributed by atoms with Crippen molar-refractivity contribution < 1.29 is 14.6 Å². The third-order valence-electron chi connectivity index (χ3n) is 2.45. The summed E-state index contributed by atoms with van der Waals surface area (Å²) in [5.74, 6) is 0.766. The van der Waals surface area contributed by atoms with E-state index >= 15 is 0 Å². The minimum Gasteiger partial charge on any atom is -0.501 e. The van der Waals surface area contributed by atoms with Crippen LogP contribution in [0.2, 0.25) is 0 Å². The molecule has 0 saturated heterocycles. The smallest absolute Gasteiger partial charge is 0.178 e. The van der Waals surface area contributed by atoms with Crippen LogP contribution < -0.4 is 0 Å². The van der Waals surface area contributed by atoms with E-state index in [0.717, 1.165) is 11.3 Å². The second-order valence-corrected chi connectivity index (χ2v) is 3.47. The van der Waals surface area contributed by atoms with E-state index in [-0.39, 0.29) is 6.10 Å². The molecule has 80 valence electrons. The second kappa shape index (κ2) is 4.47. The van der Waals surface area contributed by atoms with Gasteiger partial charge in [-0.25, -0.2) is 0 Å². The summed E-state index contributed by atoms with van der Waals surface area (Å²) < 4.78 is 10.5. The van der Waals surface area contributed by atoms with Crippen molar-refractivity contribution in [3.8, 4) is 0 Å². The van der Waals surface area contributed by atoms with Crippen molar-refractivity contribution in [1.29, 1.82) is 0 Å². The highest BCUT2D eigenvalue weighted by Crippen LogP contribution is 2.30. The minimum atomic E-state index is -0.876. The minimum absolute atomic E-state index is 0.124. The monoisotopic (exact) mass is 206 g/mol. The molecule has 3 nitrogen and oxygen atoms in total. The SMILES string of the molecule is COC1=CC(O)OC(c2ccccc2)C1. The molecular weight excluding hydrogens is 192 g/mol. The van der Waals surface area contributed by atoms with Crippen LogP contribution in [-0.2, 0) is 9.47 Å². The van der Waals surface area contributed by atoms with Crippen molar-refractivity contribution in [2.24, 2.45) is 0 Å². The highest BCUT2D eigenvalue weighted by molar-refractivity contribution is 5.20. The summed E-state index contributed by atoms with van der Waals surface area (Å²) in [6, 6.07) is 9.83. The van der Waals surface area contributed by atoms with Gasteiger partial charge in [-0.1, -0.05) is 30.3 Å². The van der Waals surface area contributed by atoms with E-state index in [1.165, 1.54) is 0 Å². The number of benzene rings is 1. The van der Waals surface area contributed by atoms with Crippen molar-refractivity contribution in [2.45, 2.75) is 18.8 Å². The normalized spacial score (nSPS) is 25.9. The maximum atomic E-state index is 9.46. The highest BCUT2D eigenvalue weighted by atomic mass is 16.6. The summed E-state index contributed by atoms with van der Waals surface area (Å²) in [4.78, 5) is 0. The lowest BCUT2D eigenvalue weighted by atomic mass is 10.0. The summed E-state index contributed by atoms with van der Waals surface area (Å²) in [6.07, 6.45) is 1.25. The lowest BCUT2D eigenvalue weighted by Crippen LogP contribution is -2.20. The van der Waals surface area contributed by atoms with Crippen LogP contribution in [0.25, 0.3) is 0 Å². The second-order valence-electron chi connectivity index (χ2n) is 3.47. The van der Waals surface area contributed by atoms with E-state index in [9.17, 15) is 5.11 Å². The van der Waals surface area contributed by atoms with Crippen LogP contribution in [0.4, 0.5) is 0 Å². The van der Waals surface area contributed by atoms with Crippen LogP contribution in [0.5, 0.6) is 0 Å². The van der Waals surface area contributed by atoms with E-state index in [2.05, 4.69) is 0 Å². The van der Waals surface area contributed by atoms with E-state index in [0.29, 0.717) is 6.42 Å². The molecule has 0 bridgehead atoms. The Balaban J connectivity index is 2.16. The molecule has 0 aromatic heterocycles. The molecule has 0 aliphatic carbocycles. The number of aliphatic hydroxyl groups is 1. The summed E-state index contributed by atoms with van der Waals surface area (Å²) in [5, 5.41) is 9.46. The Bertz CT molecular complexity index is 345. The average molecular weight is 206 g/mol. The van der Waals surface area contributed by atoms with Crippen molar-refractivity contribution in [2.75, 3.05) is 7.11 Å². The molecule has 1 aromatic carbocycles. The predicted molar refractivity (Wildman–Crippen MR) is 56.0 cm³/mol. The molecule has 1 aromatic rings. The van der Waals surface area contributed by atoms with E-state index in [1.54, 1.807) is 13.2 Å². The number of rotatable bonds is 2. The van der Waals surface area contributed by atoms with Crippen molar-refractivity contribution >= 4 is 0 Å². The molecule has 2 rings (SSSR count). The molecular formula is C12H14O3. The van der Waals surface area contributed by atoms with E-state index in [4.69, 9.17) is 9.47 Å². The van der Waals surface area contributed by atoms with E-state index < -0.39 is 6.29 Å². The van der Waals surface area contributed by atoms with Crippen LogP contribution in [-0.4, -0.2) is 18.5 Å². The van der Waals surface area contributed by atoms with Gasteiger partial charge in [-0.3, -0.25) is 0 Å². The van der Waals surface area contributed by atoms with Crippen LogP contribution in [0, 0.1) is 0 Å². The fraction of sp³-hybridized carbons (Fsp3) is 0.333. The Labute approximate surface area is 88.9 Å². The summed E-state index contributed by atoms with van der Waals surface area (Å²) in [7, 11) is 1.60. The van der Waals surface area contributed by atoms with Gasteiger partial charge in [0, 0.05) is 12.5 Å². The summed E-state index contributed by atoms with van der Waals surface area (Å²) in [6.45, 7) is 0. The van der Waals surface area contributed by atoms with Crippen molar-refractivity contribution in [1.82, 2.24) is 0 Å². The zero-order chi connectivity index (χ0) is 10.7. The third-order valence-corrected chi connectivity index (χ3v) is 2.45. The van der Waals surface area contributed by atoms with Gasteiger partial charge in [0.25, 0.3) is 0 Å². The number of hydrogen-bond acceptors (Lipinski definition) is 3. The molecule has 0 radical (unpaired) electrons. The quantitative estimate of drug-likeness (QED) is 0.804. The largest absolute Gasteiger partial charge is 0.501 e. The molecule has 0 amide bonds. The van der Waals surface area contributed by atoms with Gasteiger partial charge in [-0.05, 0) is 5.56 Å². The first-order valence-electron chi connectivity index (χ1n) is 4.93. The standard InChI is InChI=1S/C12H14O3/c1-14-10-7-11(15-12(13)8-10)9-5-3-2-4-6-9/h2-6,8,11-13H,7H2,1H3.